The van der Waals surface area contributed by atoms with Gasteiger partial charge in [-0.1, -0.05) is 32.4 Å². The van der Waals surface area contributed by atoms with Gasteiger partial charge in [-0.15, -0.1) is 0 Å². The molecule has 0 aromatic rings. The third-order valence-electron chi connectivity index (χ3n) is 5.66. The molecule has 4 atom stereocenters. The largest absolute Gasteiger partial charge is 0.414 e. The van der Waals surface area contributed by atoms with Crippen molar-refractivity contribution in [3.63, 3.8) is 0 Å². The van der Waals surface area contributed by atoms with Crippen LogP contribution in [0.2, 0.25) is 18.1 Å². The fourth-order valence-corrected chi connectivity index (χ4v) is 4.85. The predicted octanol–water partition coefficient (Wildman–Crippen LogP) is 3.97. The number of aliphatic hydroxyl groups excluding tert-OH is 1. The zero-order valence-corrected chi connectivity index (χ0v) is 14.4. The Bertz CT molecular complexity index is 367. The van der Waals surface area contributed by atoms with Crippen molar-refractivity contribution in [3.05, 3.63) is 11.6 Å². The molecule has 0 bridgehead atoms. The number of allylic oxidation sites excluding steroid dienone is 1. The summed E-state index contributed by atoms with van der Waals surface area (Å²) < 4.78 is 6.56. The van der Waals surface area contributed by atoms with Crippen molar-refractivity contribution >= 4 is 8.32 Å². The quantitative estimate of drug-likeness (QED) is 0.627. The highest BCUT2D eigenvalue weighted by molar-refractivity contribution is 6.74. The second kappa shape index (κ2) is 5.01. The van der Waals surface area contributed by atoms with Gasteiger partial charge in [-0.05, 0) is 49.7 Å². The van der Waals surface area contributed by atoms with E-state index in [1.165, 1.54) is 5.57 Å². The SMILES string of the molecule is CC1=C[C@@H]2C[C@H](O[Si](C)(C)C(C)(C)C)C[C@@H]2C1CO. The Morgan fingerprint density at radius 1 is 1.32 bits per heavy atom. The summed E-state index contributed by atoms with van der Waals surface area (Å²) >= 11 is 0. The normalized spacial score (nSPS) is 35.4. The molecule has 0 aromatic carbocycles. The molecule has 19 heavy (non-hydrogen) atoms. The number of rotatable bonds is 3. The average Bonchev–Trinajstić information content (AvgIpc) is 2.71. The fourth-order valence-electron chi connectivity index (χ4n) is 3.48. The highest BCUT2D eigenvalue weighted by Crippen LogP contribution is 2.49. The van der Waals surface area contributed by atoms with Crippen LogP contribution in [0.5, 0.6) is 0 Å². The third kappa shape index (κ3) is 2.83. The van der Waals surface area contributed by atoms with Crippen molar-refractivity contribution in [2.45, 2.75) is 64.8 Å². The summed E-state index contributed by atoms with van der Waals surface area (Å²) in [5.74, 6) is 1.66. The molecule has 0 radical (unpaired) electrons. The Balaban J connectivity index is 2.01. The Morgan fingerprint density at radius 2 is 1.95 bits per heavy atom. The van der Waals surface area contributed by atoms with Gasteiger partial charge in [0.1, 0.15) is 0 Å². The fraction of sp³-hybridized carbons (Fsp3) is 0.875. The molecule has 0 saturated heterocycles. The van der Waals surface area contributed by atoms with Crippen LogP contribution in [-0.2, 0) is 4.43 Å². The van der Waals surface area contributed by atoms with Gasteiger partial charge >= 0.3 is 0 Å². The lowest BCUT2D eigenvalue weighted by molar-refractivity contribution is 0.164. The first-order valence-electron chi connectivity index (χ1n) is 7.62. The third-order valence-corrected chi connectivity index (χ3v) is 10.2. The van der Waals surface area contributed by atoms with Gasteiger partial charge < -0.3 is 9.53 Å². The van der Waals surface area contributed by atoms with E-state index in [0.717, 1.165) is 12.8 Å². The molecular weight excluding hydrogens is 252 g/mol. The van der Waals surface area contributed by atoms with Crippen LogP contribution in [0.25, 0.3) is 0 Å². The number of fused-ring (bicyclic) bond motifs is 1. The lowest BCUT2D eigenvalue weighted by Crippen LogP contribution is -2.43. The zero-order valence-electron chi connectivity index (χ0n) is 13.4. The Hall–Kier alpha value is -0.123. The first-order valence-corrected chi connectivity index (χ1v) is 10.5. The van der Waals surface area contributed by atoms with Gasteiger partial charge in [0.05, 0.1) is 0 Å². The monoisotopic (exact) mass is 282 g/mol. The van der Waals surface area contributed by atoms with E-state index in [0.29, 0.717) is 30.5 Å². The minimum Gasteiger partial charge on any atom is -0.414 e. The number of hydrogen-bond acceptors (Lipinski definition) is 2. The predicted molar refractivity (Wildman–Crippen MR) is 82.6 cm³/mol. The molecule has 2 aliphatic rings. The topological polar surface area (TPSA) is 29.5 Å². The summed E-state index contributed by atoms with van der Waals surface area (Å²) in [6.45, 7) is 14.1. The van der Waals surface area contributed by atoms with Crippen molar-refractivity contribution in [2.24, 2.45) is 17.8 Å². The lowest BCUT2D eigenvalue weighted by atomic mass is 9.89. The molecule has 2 aliphatic carbocycles. The average molecular weight is 282 g/mol. The molecule has 0 heterocycles. The van der Waals surface area contributed by atoms with E-state index in [2.05, 4.69) is 46.9 Å². The molecule has 1 unspecified atom stereocenters. The van der Waals surface area contributed by atoms with Gasteiger partial charge in [0.25, 0.3) is 0 Å². The molecule has 0 amide bonds. The van der Waals surface area contributed by atoms with Gasteiger partial charge in [-0.2, -0.15) is 0 Å². The molecule has 0 aliphatic heterocycles. The highest BCUT2D eigenvalue weighted by atomic mass is 28.4. The maximum absolute atomic E-state index is 9.56. The van der Waals surface area contributed by atoms with Crippen molar-refractivity contribution in [1.82, 2.24) is 0 Å². The summed E-state index contributed by atoms with van der Waals surface area (Å²) in [4.78, 5) is 0. The van der Waals surface area contributed by atoms with Gasteiger partial charge in [0, 0.05) is 18.6 Å². The maximum atomic E-state index is 9.56. The van der Waals surface area contributed by atoms with Crippen LogP contribution < -0.4 is 0 Å². The summed E-state index contributed by atoms with van der Waals surface area (Å²) in [6.07, 6.45) is 5.09. The summed E-state index contributed by atoms with van der Waals surface area (Å²) in [6, 6.07) is 0. The first-order chi connectivity index (χ1) is 8.65. The molecule has 3 heteroatoms. The van der Waals surface area contributed by atoms with Crippen molar-refractivity contribution < 1.29 is 9.53 Å². The number of hydrogen-bond donors (Lipinski definition) is 1. The van der Waals surface area contributed by atoms with Crippen LogP contribution in [-0.4, -0.2) is 26.1 Å². The lowest BCUT2D eigenvalue weighted by Gasteiger charge is -2.38. The molecule has 0 spiro atoms. The Kier molecular flexibility index (Phi) is 4.03. The summed E-state index contributed by atoms with van der Waals surface area (Å²) in [5, 5.41) is 9.84. The maximum Gasteiger partial charge on any atom is 0.192 e. The molecule has 0 aromatic heterocycles. The second-order valence-electron chi connectivity index (χ2n) is 8.00. The van der Waals surface area contributed by atoms with E-state index in [4.69, 9.17) is 4.43 Å². The molecule has 2 nitrogen and oxygen atoms in total. The van der Waals surface area contributed by atoms with Crippen molar-refractivity contribution in [1.29, 1.82) is 0 Å². The highest BCUT2D eigenvalue weighted by Gasteiger charge is 2.46. The second-order valence-corrected chi connectivity index (χ2v) is 12.8. The van der Waals surface area contributed by atoms with Crippen LogP contribution >= 0.6 is 0 Å². The molecule has 1 saturated carbocycles. The van der Waals surface area contributed by atoms with Gasteiger partial charge in [-0.3, -0.25) is 0 Å². The molecule has 1 N–H and O–H groups in total. The van der Waals surface area contributed by atoms with Crippen LogP contribution in [0, 0.1) is 17.8 Å². The molecule has 2 rings (SSSR count). The van der Waals surface area contributed by atoms with Crippen LogP contribution in [0.4, 0.5) is 0 Å². The number of aliphatic hydroxyl groups is 1. The van der Waals surface area contributed by atoms with Gasteiger partial charge in [0.15, 0.2) is 8.32 Å². The summed E-state index contributed by atoms with van der Waals surface area (Å²) in [7, 11) is -1.65. The minimum atomic E-state index is -1.65. The van der Waals surface area contributed by atoms with Gasteiger partial charge in [0.2, 0.25) is 0 Å². The Morgan fingerprint density at radius 3 is 2.47 bits per heavy atom. The van der Waals surface area contributed by atoms with E-state index in [1.54, 1.807) is 0 Å². The van der Waals surface area contributed by atoms with Gasteiger partial charge in [-0.25, -0.2) is 0 Å². The smallest absolute Gasteiger partial charge is 0.192 e. The summed E-state index contributed by atoms with van der Waals surface area (Å²) in [5.41, 5.74) is 1.39. The Labute approximate surface area is 119 Å². The molecular formula is C16H30O2Si. The van der Waals surface area contributed by atoms with E-state index in [1.807, 2.05) is 0 Å². The standard InChI is InChI=1S/C16H30O2Si/c1-11-7-12-8-13(9-14(12)15(11)10-17)18-19(5,6)16(2,3)4/h7,12-15,17H,8-10H2,1-6H3/t12-,13+,14+,15?/m1/s1. The van der Waals surface area contributed by atoms with E-state index >= 15 is 0 Å². The van der Waals surface area contributed by atoms with Crippen LogP contribution in [0.15, 0.2) is 11.6 Å². The van der Waals surface area contributed by atoms with E-state index in [9.17, 15) is 5.11 Å². The van der Waals surface area contributed by atoms with E-state index < -0.39 is 8.32 Å². The molecule has 1 fully saturated rings. The van der Waals surface area contributed by atoms with Crippen LogP contribution in [0.3, 0.4) is 0 Å². The van der Waals surface area contributed by atoms with Crippen molar-refractivity contribution in [3.8, 4) is 0 Å². The van der Waals surface area contributed by atoms with E-state index in [-0.39, 0.29) is 5.04 Å². The zero-order chi connectivity index (χ0) is 14.4. The molecule has 110 valence electrons. The first kappa shape index (κ1) is 15.3. The van der Waals surface area contributed by atoms with Crippen molar-refractivity contribution in [2.75, 3.05) is 6.61 Å². The van der Waals surface area contributed by atoms with Crippen LogP contribution in [0.1, 0.15) is 40.5 Å². The minimum absolute atomic E-state index is 0.285.